The monoisotopic (exact) mass is 237 g/mol. The van der Waals surface area contributed by atoms with Crippen molar-refractivity contribution in [2.75, 3.05) is 6.54 Å². The molecule has 96 valence electrons. The standard InChI is InChI=1S/C13H23N3O/c1-9-5-4-6-12(10(9)2)14-8-7-13-15-11(3)17-16-13/h9-10,12,14H,4-8H2,1-3H3. The molecule has 4 heteroatoms. The molecule has 0 saturated heterocycles. The van der Waals surface area contributed by atoms with E-state index in [9.17, 15) is 0 Å². The lowest BCUT2D eigenvalue weighted by atomic mass is 9.78. The molecule has 3 atom stereocenters. The average molecular weight is 237 g/mol. The Hall–Kier alpha value is -0.900. The van der Waals surface area contributed by atoms with E-state index in [0.29, 0.717) is 11.9 Å². The van der Waals surface area contributed by atoms with Gasteiger partial charge < -0.3 is 9.84 Å². The third kappa shape index (κ3) is 3.28. The van der Waals surface area contributed by atoms with Crippen LogP contribution in [0.3, 0.4) is 0 Å². The summed E-state index contributed by atoms with van der Waals surface area (Å²) in [6, 6.07) is 0.659. The van der Waals surface area contributed by atoms with Crippen molar-refractivity contribution in [3.63, 3.8) is 0 Å². The highest BCUT2D eigenvalue weighted by Crippen LogP contribution is 2.29. The van der Waals surface area contributed by atoms with Crippen LogP contribution in [-0.2, 0) is 6.42 Å². The molecule has 1 saturated carbocycles. The van der Waals surface area contributed by atoms with Gasteiger partial charge in [0, 0.05) is 25.9 Å². The zero-order valence-electron chi connectivity index (χ0n) is 11.1. The van der Waals surface area contributed by atoms with Crippen molar-refractivity contribution in [2.24, 2.45) is 11.8 Å². The minimum Gasteiger partial charge on any atom is -0.340 e. The van der Waals surface area contributed by atoms with Crippen LogP contribution in [0.15, 0.2) is 4.52 Å². The predicted octanol–water partition coefficient (Wildman–Crippen LogP) is 2.33. The minimum atomic E-state index is 0.652. The molecular formula is C13H23N3O. The smallest absolute Gasteiger partial charge is 0.223 e. The van der Waals surface area contributed by atoms with Gasteiger partial charge in [-0.05, 0) is 18.3 Å². The van der Waals surface area contributed by atoms with Gasteiger partial charge in [-0.25, -0.2) is 0 Å². The first kappa shape index (κ1) is 12.6. The average Bonchev–Trinajstić information content (AvgIpc) is 2.70. The first-order valence-electron chi connectivity index (χ1n) is 6.69. The second-order valence-electron chi connectivity index (χ2n) is 5.31. The molecule has 1 aromatic rings. The van der Waals surface area contributed by atoms with Gasteiger partial charge in [0.25, 0.3) is 0 Å². The van der Waals surface area contributed by atoms with Crippen LogP contribution in [-0.4, -0.2) is 22.7 Å². The zero-order chi connectivity index (χ0) is 12.3. The second kappa shape index (κ2) is 5.63. The maximum atomic E-state index is 4.96. The summed E-state index contributed by atoms with van der Waals surface area (Å²) in [6.07, 6.45) is 4.89. The van der Waals surface area contributed by atoms with E-state index in [1.807, 2.05) is 6.92 Å². The lowest BCUT2D eigenvalue weighted by Crippen LogP contribution is -2.41. The van der Waals surface area contributed by atoms with Gasteiger partial charge in [-0.2, -0.15) is 4.98 Å². The van der Waals surface area contributed by atoms with Crippen LogP contribution in [0, 0.1) is 18.8 Å². The third-order valence-corrected chi connectivity index (χ3v) is 4.03. The fourth-order valence-electron chi connectivity index (χ4n) is 2.68. The summed E-state index contributed by atoms with van der Waals surface area (Å²) in [6.45, 7) is 7.50. The summed E-state index contributed by atoms with van der Waals surface area (Å²) in [5, 5.41) is 7.54. The lowest BCUT2D eigenvalue weighted by Gasteiger charge is -2.34. The normalized spacial score (nSPS) is 29.5. The summed E-state index contributed by atoms with van der Waals surface area (Å²) in [5.74, 6) is 3.08. The number of aryl methyl sites for hydroxylation is 1. The van der Waals surface area contributed by atoms with Gasteiger partial charge in [-0.1, -0.05) is 31.8 Å². The highest BCUT2D eigenvalue weighted by atomic mass is 16.5. The van der Waals surface area contributed by atoms with Gasteiger partial charge in [-0.15, -0.1) is 0 Å². The Bertz CT molecular complexity index is 350. The molecular weight excluding hydrogens is 214 g/mol. The van der Waals surface area contributed by atoms with Crippen molar-refractivity contribution in [3.05, 3.63) is 11.7 Å². The van der Waals surface area contributed by atoms with E-state index in [1.54, 1.807) is 0 Å². The molecule has 0 aliphatic heterocycles. The van der Waals surface area contributed by atoms with Crippen molar-refractivity contribution in [1.82, 2.24) is 15.5 Å². The topological polar surface area (TPSA) is 51.0 Å². The molecule has 1 fully saturated rings. The molecule has 1 heterocycles. The van der Waals surface area contributed by atoms with E-state index in [4.69, 9.17) is 4.52 Å². The van der Waals surface area contributed by atoms with E-state index in [1.165, 1.54) is 19.3 Å². The number of aromatic nitrogens is 2. The SMILES string of the molecule is Cc1nc(CCNC2CCCC(C)C2C)no1. The van der Waals surface area contributed by atoms with Gasteiger partial charge in [0.15, 0.2) is 5.82 Å². The van der Waals surface area contributed by atoms with Gasteiger partial charge in [0.2, 0.25) is 5.89 Å². The quantitative estimate of drug-likeness (QED) is 0.873. The Morgan fingerprint density at radius 3 is 2.88 bits per heavy atom. The molecule has 0 amide bonds. The maximum Gasteiger partial charge on any atom is 0.223 e. The molecule has 1 N–H and O–H groups in total. The van der Waals surface area contributed by atoms with Crippen molar-refractivity contribution >= 4 is 0 Å². The molecule has 3 unspecified atom stereocenters. The summed E-state index contributed by atoms with van der Waals surface area (Å²) in [4.78, 5) is 4.21. The van der Waals surface area contributed by atoms with Crippen LogP contribution in [0.4, 0.5) is 0 Å². The summed E-state index contributed by atoms with van der Waals surface area (Å²) in [7, 11) is 0. The molecule has 0 bridgehead atoms. The summed E-state index contributed by atoms with van der Waals surface area (Å²) < 4.78 is 4.96. The number of rotatable bonds is 4. The third-order valence-electron chi connectivity index (χ3n) is 4.03. The zero-order valence-corrected chi connectivity index (χ0v) is 11.1. The van der Waals surface area contributed by atoms with Crippen LogP contribution >= 0.6 is 0 Å². The van der Waals surface area contributed by atoms with E-state index >= 15 is 0 Å². The minimum absolute atomic E-state index is 0.652. The number of hydrogen-bond donors (Lipinski definition) is 1. The molecule has 17 heavy (non-hydrogen) atoms. The van der Waals surface area contributed by atoms with Crippen LogP contribution in [0.2, 0.25) is 0 Å². The molecule has 1 aliphatic rings. The van der Waals surface area contributed by atoms with Crippen LogP contribution < -0.4 is 5.32 Å². The first-order chi connectivity index (χ1) is 8.16. The second-order valence-corrected chi connectivity index (χ2v) is 5.31. The van der Waals surface area contributed by atoms with Crippen LogP contribution in [0.1, 0.15) is 44.8 Å². The van der Waals surface area contributed by atoms with Crippen LogP contribution in [0.25, 0.3) is 0 Å². The lowest BCUT2D eigenvalue weighted by molar-refractivity contribution is 0.207. The molecule has 0 spiro atoms. The van der Waals surface area contributed by atoms with E-state index < -0.39 is 0 Å². The fraction of sp³-hybridized carbons (Fsp3) is 0.846. The molecule has 0 radical (unpaired) electrons. The number of nitrogens with one attached hydrogen (secondary N) is 1. The molecule has 1 aliphatic carbocycles. The number of nitrogens with zero attached hydrogens (tertiary/aromatic N) is 2. The van der Waals surface area contributed by atoms with E-state index in [-0.39, 0.29) is 0 Å². The van der Waals surface area contributed by atoms with Crippen molar-refractivity contribution in [3.8, 4) is 0 Å². The Morgan fingerprint density at radius 1 is 1.35 bits per heavy atom. The predicted molar refractivity (Wildman–Crippen MR) is 66.7 cm³/mol. The van der Waals surface area contributed by atoms with Crippen LogP contribution in [0.5, 0.6) is 0 Å². The van der Waals surface area contributed by atoms with E-state index in [0.717, 1.165) is 30.6 Å². The van der Waals surface area contributed by atoms with Crippen molar-refractivity contribution in [1.29, 1.82) is 0 Å². The van der Waals surface area contributed by atoms with Crippen molar-refractivity contribution in [2.45, 2.75) is 52.5 Å². The molecule has 0 aromatic carbocycles. The van der Waals surface area contributed by atoms with Gasteiger partial charge in [0.05, 0.1) is 0 Å². The summed E-state index contributed by atoms with van der Waals surface area (Å²) in [5.41, 5.74) is 0. The Kier molecular flexibility index (Phi) is 4.15. The highest BCUT2D eigenvalue weighted by molar-refractivity contribution is 4.87. The van der Waals surface area contributed by atoms with Gasteiger partial charge in [-0.3, -0.25) is 0 Å². The van der Waals surface area contributed by atoms with Gasteiger partial charge >= 0.3 is 0 Å². The summed E-state index contributed by atoms with van der Waals surface area (Å²) >= 11 is 0. The highest BCUT2D eigenvalue weighted by Gasteiger charge is 2.26. The molecule has 1 aromatic heterocycles. The first-order valence-corrected chi connectivity index (χ1v) is 6.69. The van der Waals surface area contributed by atoms with E-state index in [2.05, 4.69) is 29.3 Å². The fourth-order valence-corrected chi connectivity index (χ4v) is 2.68. The largest absolute Gasteiger partial charge is 0.340 e. The Balaban J connectivity index is 1.74. The number of hydrogen-bond acceptors (Lipinski definition) is 4. The molecule has 2 rings (SSSR count). The molecule has 4 nitrogen and oxygen atoms in total. The Morgan fingerprint density at radius 2 is 2.18 bits per heavy atom. The van der Waals surface area contributed by atoms with Crippen molar-refractivity contribution < 1.29 is 4.52 Å². The Labute approximate surface area is 103 Å². The van der Waals surface area contributed by atoms with Gasteiger partial charge in [0.1, 0.15) is 0 Å². The maximum absolute atomic E-state index is 4.96.